The highest BCUT2D eigenvalue weighted by molar-refractivity contribution is 6.32. The van der Waals surface area contributed by atoms with E-state index in [4.69, 9.17) is 25.9 Å². The van der Waals surface area contributed by atoms with E-state index in [1.165, 1.54) is 12.7 Å². The van der Waals surface area contributed by atoms with Gasteiger partial charge in [0.25, 0.3) is 5.91 Å². The summed E-state index contributed by atoms with van der Waals surface area (Å²) in [7, 11) is 3.07. The maximum atomic E-state index is 12.7. The minimum atomic E-state index is -0.780. The normalized spacial score (nSPS) is 15.1. The number of oxime groups is 1. The van der Waals surface area contributed by atoms with Crippen molar-refractivity contribution in [2.75, 3.05) is 19.5 Å². The zero-order valence-corrected chi connectivity index (χ0v) is 18.7. The maximum Gasteiger partial charge on any atom is 0.269 e. The smallest absolute Gasteiger partial charge is 0.269 e. The first-order chi connectivity index (χ1) is 15.5. The molecular weight excluding hydrogens is 432 g/mol. The number of amides is 1. The highest BCUT2D eigenvalue weighted by Crippen LogP contribution is 2.34. The van der Waals surface area contributed by atoms with Gasteiger partial charge in [-0.3, -0.25) is 9.48 Å². The van der Waals surface area contributed by atoms with Crippen LogP contribution in [0.15, 0.2) is 53.8 Å². The summed E-state index contributed by atoms with van der Waals surface area (Å²) in [5.74, 6) is 1.14. The summed E-state index contributed by atoms with van der Waals surface area (Å²) < 4.78 is 12.4. The van der Waals surface area contributed by atoms with Gasteiger partial charge in [0.2, 0.25) is 6.10 Å². The van der Waals surface area contributed by atoms with Gasteiger partial charge in [0, 0.05) is 30.3 Å². The van der Waals surface area contributed by atoms with E-state index in [9.17, 15) is 4.79 Å². The first kappa shape index (κ1) is 21.7. The zero-order valence-electron chi connectivity index (χ0n) is 18.0. The predicted octanol–water partition coefficient (Wildman–Crippen LogP) is 4.04. The third-order valence-electron chi connectivity index (χ3n) is 5.23. The average molecular weight is 455 g/mol. The van der Waals surface area contributed by atoms with Gasteiger partial charge >= 0.3 is 0 Å². The molecule has 8 nitrogen and oxygen atoms in total. The van der Waals surface area contributed by atoms with Crippen molar-refractivity contribution < 1.29 is 19.1 Å². The number of nitrogens with one attached hydrogen (secondary N) is 1. The molecule has 0 saturated heterocycles. The van der Waals surface area contributed by atoms with Crippen molar-refractivity contribution in [3.8, 4) is 11.5 Å². The standard InChI is InChI=1S/C23H23ClN4O4/c1-14-6-4-5-7-15(14)13-28-9-8-22(26-28)25-23(29)21-11-18(27-32-21)16-10-17(24)20(31-3)12-19(16)30-2/h4-10,12,21H,11,13H2,1-3H3,(H,25,26,29)/t21-/m0/s1. The lowest BCUT2D eigenvalue weighted by atomic mass is 10.0. The number of aryl methyl sites for hydroxylation is 1. The number of hydrogen-bond acceptors (Lipinski definition) is 6. The zero-order chi connectivity index (χ0) is 22.7. The van der Waals surface area contributed by atoms with Crippen molar-refractivity contribution in [2.24, 2.45) is 5.16 Å². The number of nitrogens with zero attached hydrogens (tertiary/aromatic N) is 3. The van der Waals surface area contributed by atoms with Crippen molar-refractivity contribution in [1.29, 1.82) is 0 Å². The molecule has 1 aromatic heterocycles. The van der Waals surface area contributed by atoms with Gasteiger partial charge in [0.15, 0.2) is 5.82 Å². The molecule has 0 bridgehead atoms. The van der Waals surface area contributed by atoms with Crippen LogP contribution in [-0.2, 0) is 16.2 Å². The van der Waals surface area contributed by atoms with Crippen LogP contribution in [-0.4, -0.2) is 41.7 Å². The fraction of sp³-hybridized carbons (Fsp3) is 0.261. The molecule has 1 aliphatic heterocycles. The Morgan fingerprint density at radius 1 is 1.22 bits per heavy atom. The number of anilines is 1. The van der Waals surface area contributed by atoms with Crippen LogP contribution >= 0.6 is 11.6 Å². The molecule has 4 rings (SSSR count). The minimum absolute atomic E-state index is 0.273. The predicted molar refractivity (Wildman–Crippen MR) is 122 cm³/mol. The summed E-state index contributed by atoms with van der Waals surface area (Å²) in [6.07, 6.45) is 1.32. The molecule has 0 aliphatic carbocycles. The Hall–Kier alpha value is -3.52. The highest BCUT2D eigenvalue weighted by atomic mass is 35.5. The number of carbonyl (C=O) groups is 1. The summed E-state index contributed by atoms with van der Waals surface area (Å²) in [6.45, 7) is 2.68. The number of rotatable bonds is 7. The Balaban J connectivity index is 1.40. The van der Waals surface area contributed by atoms with Gasteiger partial charge in [0.1, 0.15) is 11.5 Å². The molecule has 1 atom stereocenters. The van der Waals surface area contributed by atoms with Gasteiger partial charge in [-0.25, -0.2) is 0 Å². The molecule has 0 fully saturated rings. The van der Waals surface area contributed by atoms with Gasteiger partial charge in [0.05, 0.1) is 31.5 Å². The Labute approximate surface area is 190 Å². The van der Waals surface area contributed by atoms with Gasteiger partial charge in [-0.05, 0) is 24.1 Å². The number of methoxy groups -OCH3 is 2. The molecule has 0 spiro atoms. The van der Waals surface area contributed by atoms with E-state index in [1.54, 1.807) is 30.0 Å². The summed E-state index contributed by atoms with van der Waals surface area (Å²) in [4.78, 5) is 18.1. The van der Waals surface area contributed by atoms with E-state index in [0.29, 0.717) is 40.2 Å². The summed E-state index contributed by atoms with van der Waals surface area (Å²) in [5, 5.41) is 11.7. The van der Waals surface area contributed by atoms with Gasteiger partial charge in [-0.1, -0.05) is 41.0 Å². The molecular formula is C23H23ClN4O4. The lowest BCUT2D eigenvalue weighted by Gasteiger charge is -2.11. The van der Waals surface area contributed by atoms with Crippen molar-refractivity contribution >= 4 is 29.0 Å². The molecule has 1 aliphatic rings. The quantitative estimate of drug-likeness (QED) is 0.582. The lowest BCUT2D eigenvalue weighted by Crippen LogP contribution is -2.28. The number of carbonyl (C=O) groups excluding carboxylic acids is 1. The molecule has 2 aromatic carbocycles. The van der Waals surface area contributed by atoms with Crippen LogP contribution in [0.25, 0.3) is 0 Å². The number of ether oxygens (including phenoxy) is 2. The van der Waals surface area contributed by atoms with E-state index >= 15 is 0 Å². The van der Waals surface area contributed by atoms with Crippen LogP contribution in [0.1, 0.15) is 23.1 Å². The van der Waals surface area contributed by atoms with Crippen molar-refractivity contribution in [3.63, 3.8) is 0 Å². The fourth-order valence-corrected chi connectivity index (χ4v) is 3.69. The van der Waals surface area contributed by atoms with E-state index in [2.05, 4.69) is 34.6 Å². The van der Waals surface area contributed by atoms with Crippen LogP contribution in [0, 0.1) is 6.92 Å². The molecule has 1 amide bonds. The number of benzene rings is 2. The largest absolute Gasteiger partial charge is 0.496 e. The van der Waals surface area contributed by atoms with Crippen LogP contribution in [0.2, 0.25) is 5.02 Å². The highest BCUT2D eigenvalue weighted by Gasteiger charge is 2.31. The monoisotopic (exact) mass is 454 g/mol. The van der Waals surface area contributed by atoms with Crippen LogP contribution < -0.4 is 14.8 Å². The summed E-state index contributed by atoms with van der Waals surface area (Å²) in [6, 6.07) is 13.2. The van der Waals surface area contributed by atoms with E-state index in [0.717, 1.165) is 5.56 Å². The van der Waals surface area contributed by atoms with Crippen LogP contribution in [0.3, 0.4) is 0 Å². The van der Waals surface area contributed by atoms with Crippen molar-refractivity contribution in [1.82, 2.24) is 9.78 Å². The van der Waals surface area contributed by atoms with Crippen LogP contribution in [0.5, 0.6) is 11.5 Å². The van der Waals surface area contributed by atoms with E-state index in [1.807, 2.05) is 18.3 Å². The third-order valence-corrected chi connectivity index (χ3v) is 5.53. The Kier molecular flexibility index (Phi) is 6.32. The average Bonchev–Trinajstić information content (AvgIpc) is 3.45. The number of hydrogen-bond donors (Lipinski definition) is 1. The molecule has 0 radical (unpaired) electrons. The van der Waals surface area contributed by atoms with Gasteiger partial charge in [-0.15, -0.1) is 0 Å². The van der Waals surface area contributed by atoms with Crippen molar-refractivity contribution in [2.45, 2.75) is 26.0 Å². The lowest BCUT2D eigenvalue weighted by molar-refractivity contribution is -0.125. The van der Waals surface area contributed by atoms with E-state index < -0.39 is 6.10 Å². The number of aromatic nitrogens is 2. The molecule has 9 heteroatoms. The molecule has 2 heterocycles. The molecule has 32 heavy (non-hydrogen) atoms. The molecule has 3 aromatic rings. The summed E-state index contributed by atoms with van der Waals surface area (Å²) in [5.41, 5.74) is 3.57. The summed E-state index contributed by atoms with van der Waals surface area (Å²) >= 11 is 6.25. The SMILES string of the molecule is COc1cc(OC)c(C2=NO[C@H](C(=O)Nc3ccn(Cc4ccccc4C)n3)C2)cc1Cl. The first-order valence-corrected chi connectivity index (χ1v) is 10.4. The molecule has 1 N–H and O–H groups in total. The topological polar surface area (TPSA) is 87.0 Å². The second-order valence-corrected chi connectivity index (χ2v) is 7.74. The van der Waals surface area contributed by atoms with Crippen molar-refractivity contribution in [3.05, 3.63) is 70.4 Å². The van der Waals surface area contributed by atoms with Crippen LogP contribution in [0.4, 0.5) is 5.82 Å². The Morgan fingerprint density at radius 2 is 2.00 bits per heavy atom. The second-order valence-electron chi connectivity index (χ2n) is 7.34. The fourth-order valence-electron chi connectivity index (χ4n) is 3.45. The maximum absolute atomic E-state index is 12.7. The minimum Gasteiger partial charge on any atom is -0.496 e. The molecule has 0 unspecified atom stereocenters. The number of halogens is 1. The van der Waals surface area contributed by atoms with Gasteiger partial charge in [-0.2, -0.15) is 5.10 Å². The van der Waals surface area contributed by atoms with Gasteiger partial charge < -0.3 is 19.6 Å². The molecule has 166 valence electrons. The Bertz CT molecular complexity index is 1170. The third kappa shape index (κ3) is 4.55. The second kappa shape index (κ2) is 9.32. The first-order valence-electron chi connectivity index (χ1n) is 10.0. The molecule has 0 saturated carbocycles. The van der Waals surface area contributed by atoms with E-state index in [-0.39, 0.29) is 12.3 Å². The Morgan fingerprint density at radius 3 is 2.75 bits per heavy atom.